The Morgan fingerprint density at radius 2 is 1.88 bits per heavy atom. The molecular formula is C29H44BN5O5. The Balaban J connectivity index is 1.79. The van der Waals surface area contributed by atoms with E-state index in [9.17, 15) is 19.6 Å². The van der Waals surface area contributed by atoms with Gasteiger partial charge in [-0.1, -0.05) is 69.6 Å². The van der Waals surface area contributed by atoms with Crippen molar-refractivity contribution in [2.24, 2.45) is 11.1 Å². The van der Waals surface area contributed by atoms with Crippen molar-refractivity contribution in [1.29, 1.82) is 0 Å². The lowest BCUT2D eigenvalue weighted by atomic mass is 9.74. The fraction of sp³-hybridized carbons (Fsp3) is 0.586. The predicted octanol–water partition coefficient (Wildman–Crippen LogP) is 3.10. The summed E-state index contributed by atoms with van der Waals surface area (Å²) in [5.41, 5.74) is 2.11. The van der Waals surface area contributed by atoms with Crippen LogP contribution < -0.4 is 10.6 Å². The predicted molar refractivity (Wildman–Crippen MR) is 156 cm³/mol. The number of aryl methyl sites for hydroxylation is 1. The second-order valence-electron chi connectivity index (χ2n) is 12.6. The van der Waals surface area contributed by atoms with E-state index in [1.54, 1.807) is 4.68 Å². The van der Waals surface area contributed by atoms with Crippen molar-refractivity contribution in [2.45, 2.75) is 97.7 Å². The van der Waals surface area contributed by atoms with Crippen LogP contribution in [0.25, 0.3) is 0 Å². The maximum Gasteiger partial charge on any atom is 0.475 e. The van der Waals surface area contributed by atoms with E-state index in [1.807, 2.05) is 85.7 Å². The molecule has 1 aliphatic rings. The van der Waals surface area contributed by atoms with Crippen molar-refractivity contribution in [2.75, 3.05) is 6.54 Å². The van der Waals surface area contributed by atoms with E-state index in [2.05, 4.69) is 20.9 Å². The van der Waals surface area contributed by atoms with Crippen LogP contribution in [-0.4, -0.2) is 62.6 Å². The zero-order valence-corrected chi connectivity index (χ0v) is 25.0. The van der Waals surface area contributed by atoms with Gasteiger partial charge in [0.15, 0.2) is 0 Å². The van der Waals surface area contributed by atoms with Gasteiger partial charge in [0.25, 0.3) is 11.8 Å². The number of hydrogen-bond acceptors (Lipinski definition) is 7. The van der Waals surface area contributed by atoms with E-state index in [1.165, 1.54) is 0 Å². The Kier molecular flexibility index (Phi) is 9.84. The van der Waals surface area contributed by atoms with E-state index in [-0.39, 0.29) is 42.7 Å². The van der Waals surface area contributed by atoms with Gasteiger partial charge in [-0.3, -0.25) is 14.3 Å². The van der Waals surface area contributed by atoms with Gasteiger partial charge >= 0.3 is 7.12 Å². The zero-order chi connectivity index (χ0) is 29.8. The fourth-order valence-corrected chi connectivity index (χ4v) is 4.75. The number of nitrogens with zero attached hydrogens (tertiary/aromatic N) is 3. The number of oxime groups is 1. The fourth-order valence-electron chi connectivity index (χ4n) is 4.75. The average Bonchev–Trinajstić information content (AvgIpc) is 3.48. The van der Waals surface area contributed by atoms with Crippen LogP contribution in [0.2, 0.25) is 0 Å². The Hall–Kier alpha value is -3.18. The van der Waals surface area contributed by atoms with Crippen LogP contribution in [0.15, 0.2) is 35.5 Å². The summed E-state index contributed by atoms with van der Waals surface area (Å²) >= 11 is 0. The molecule has 2 heterocycles. The third-order valence-corrected chi connectivity index (χ3v) is 6.91. The van der Waals surface area contributed by atoms with Crippen LogP contribution in [0.5, 0.6) is 0 Å². The van der Waals surface area contributed by atoms with Crippen LogP contribution in [0.3, 0.4) is 0 Å². The number of carbonyl (C=O) groups is 2. The first-order valence-electron chi connectivity index (χ1n) is 14.0. The van der Waals surface area contributed by atoms with Gasteiger partial charge in [-0.15, -0.1) is 0 Å². The molecule has 11 heteroatoms. The molecule has 4 N–H and O–H groups in total. The molecule has 0 bridgehead atoms. The highest BCUT2D eigenvalue weighted by atomic mass is 16.7. The van der Waals surface area contributed by atoms with Gasteiger partial charge in [-0.25, -0.2) is 0 Å². The van der Waals surface area contributed by atoms with Gasteiger partial charge < -0.3 is 25.5 Å². The molecule has 0 aliphatic carbocycles. The summed E-state index contributed by atoms with van der Waals surface area (Å²) in [6.45, 7) is 16.0. The minimum Gasteiger partial charge on any atom is -0.426 e. The van der Waals surface area contributed by atoms with E-state index in [0.717, 1.165) is 16.8 Å². The van der Waals surface area contributed by atoms with E-state index in [0.29, 0.717) is 17.8 Å². The maximum atomic E-state index is 13.6. The first kappa shape index (κ1) is 31.4. The lowest BCUT2D eigenvalue weighted by Crippen LogP contribution is -2.56. The van der Waals surface area contributed by atoms with Crippen LogP contribution >= 0.6 is 0 Å². The topological polar surface area (TPSA) is 138 Å². The van der Waals surface area contributed by atoms with Crippen molar-refractivity contribution >= 4 is 24.6 Å². The molecule has 2 amide bonds. The first-order valence-corrected chi connectivity index (χ1v) is 14.0. The molecule has 2 atom stereocenters. The molecule has 1 aromatic carbocycles. The molecule has 3 rings (SSSR count). The number of hydrogen-bond donors (Lipinski definition) is 4. The molecule has 0 fully saturated rings. The van der Waals surface area contributed by atoms with Crippen molar-refractivity contribution in [3.05, 3.63) is 52.8 Å². The SMILES string of the molecule is Cc1cccc(CC2(C(=O)N[C@@H](CC(C)C)B(O)O)CC(CNC(=O)c3cc(C(C)(C)C)nn3C(C)C)=NO2)c1. The molecule has 2 aromatic rings. The second-order valence-corrected chi connectivity index (χ2v) is 12.6. The Morgan fingerprint density at radius 3 is 2.45 bits per heavy atom. The molecule has 1 unspecified atom stereocenters. The highest BCUT2D eigenvalue weighted by molar-refractivity contribution is 6.43. The minimum atomic E-state index is -1.72. The lowest BCUT2D eigenvalue weighted by molar-refractivity contribution is -0.144. The van der Waals surface area contributed by atoms with Gasteiger partial charge in [0.05, 0.1) is 23.9 Å². The van der Waals surface area contributed by atoms with Gasteiger partial charge in [0.2, 0.25) is 5.60 Å². The number of amides is 2. The number of benzene rings is 1. The normalized spacial score (nSPS) is 17.9. The largest absolute Gasteiger partial charge is 0.475 e. The minimum absolute atomic E-state index is 0.00432. The van der Waals surface area contributed by atoms with E-state index >= 15 is 0 Å². The quantitative estimate of drug-likeness (QED) is 0.316. The summed E-state index contributed by atoms with van der Waals surface area (Å²) < 4.78 is 1.72. The molecular weight excluding hydrogens is 509 g/mol. The Morgan fingerprint density at radius 1 is 1.18 bits per heavy atom. The molecule has 1 aromatic heterocycles. The summed E-state index contributed by atoms with van der Waals surface area (Å²) in [7, 11) is -1.72. The van der Waals surface area contributed by atoms with Crippen LogP contribution in [-0.2, 0) is 21.5 Å². The molecule has 218 valence electrons. The maximum absolute atomic E-state index is 13.6. The van der Waals surface area contributed by atoms with Crippen molar-refractivity contribution in [3.63, 3.8) is 0 Å². The highest BCUT2D eigenvalue weighted by Crippen LogP contribution is 2.30. The van der Waals surface area contributed by atoms with Crippen molar-refractivity contribution in [3.8, 4) is 0 Å². The molecule has 40 heavy (non-hydrogen) atoms. The first-order chi connectivity index (χ1) is 18.6. The van der Waals surface area contributed by atoms with Crippen LogP contribution in [0, 0.1) is 12.8 Å². The monoisotopic (exact) mass is 553 g/mol. The summed E-state index contributed by atoms with van der Waals surface area (Å²) in [5.74, 6) is -1.50. The summed E-state index contributed by atoms with van der Waals surface area (Å²) in [6.07, 6.45) is 0.750. The number of carbonyl (C=O) groups excluding carboxylic acids is 2. The molecule has 0 radical (unpaired) electrons. The lowest BCUT2D eigenvalue weighted by Gasteiger charge is -2.29. The Bertz CT molecular complexity index is 1230. The number of aromatic nitrogens is 2. The van der Waals surface area contributed by atoms with Crippen LogP contribution in [0.1, 0.15) is 94.7 Å². The van der Waals surface area contributed by atoms with Gasteiger partial charge in [-0.05, 0) is 44.7 Å². The second kappa shape index (κ2) is 12.6. The zero-order valence-electron chi connectivity index (χ0n) is 25.0. The van der Waals surface area contributed by atoms with E-state index in [4.69, 9.17) is 4.84 Å². The summed E-state index contributed by atoms with van der Waals surface area (Å²) in [5, 5.41) is 34.3. The van der Waals surface area contributed by atoms with Crippen molar-refractivity contribution in [1.82, 2.24) is 20.4 Å². The van der Waals surface area contributed by atoms with Gasteiger partial charge in [0.1, 0.15) is 5.69 Å². The molecule has 0 spiro atoms. The third kappa shape index (κ3) is 7.72. The standard InChI is InChI=1S/C29H44BN5O5/c1-18(2)12-25(30(38)39)32-27(37)29(15-21-11-9-10-20(5)13-21)16-22(34-40-29)17-31-26(36)23-14-24(28(6,7)8)33-35(23)19(3)4/h9-11,13-14,18-19,25,38-39H,12,15-17H2,1-8H3,(H,31,36)(H,32,37)/t25-,29?/m0/s1. The van der Waals surface area contributed by atoms with Crippen molar-refractivity contribution < 1.29 is 24.5 Å². The van der Waals surface area contributed by atoms with Crippen LogP contribution in [0.4, 0.5) is 0 Å². The van der Waals surface area contributed by atoms with E-state index < -0.39 is 24.6 Å². The molecule has 0 saturated carbocycles. The smallest absolute Gasteiger partial charge is 0.426 e. The average molecular weight is 554 g/mol. The number of nitrogens with one attached hydrogen (secondary N) is 2. The summed E-state index contributed by atoms with van der Waals surface area (Å²) in [4.78, 5) is 32.7. The Labute approximate surface area is 237 Å². The molecule has 10 nitrogen and oxygen atoms in total. The number of rotatable bonds is 11. The van der Waals surface area contributed by atoms with Gasteiger partial charge in [-0.2, -0.15) is 5.10 Å². The summed E-state index contributed by atoms with van der Waals surface area (Å²) in [6, 6.07) is 9.58. The third-order valence-electron chi connectivity index (χ3n) is 6.91. The molecule has 1 aliphatic heterocycles. The van der Waals surface area contributed by atoms with Gasteiger partial charge in [0, 0.05) is 24.3 Å². The molecule has 0 saturated heterocycles. The highest BCUT2D eigenvalue weighted by Gasteiger charge is 2.48.